The molecule has 0 spiro atoms. The molecule has 0 aliphatic heterocycles. The van der Waals surface area contributed by atoms with E-state index in [-0.39, 0.29) is 12.2 Å². The van der Waals surface area contributed by atoms with Crippen LogP contribution < -0.4 is 0 Å². The first-order chi connectivity index (χ1) is 8.27. The molecule has 0 radical (unpaired) electrons. The van der Waals surface area contributed by atoms with Gasteiger partial charge in [-0.15, -0.1) is 0 Å². The minimum atomic E-state index is -0.732. The number of hydrogen-bond donors (Lipinski definition) is 1. The molecule has 0 saturated carbocycles. The maximum Gasteiger partial charge on any atom is 0.165 e. The third kappa shape index (κ3) is 3.02. The largest absolute Gasteiger partial charge is 0.388 e. The van der Waals surface area contributed by atoms with Gasteiger partial charge in [0.05, 0.1) is 6.10 Å². The number of Topliss-reactive ketones (excluding diaryl/α,β-unsaturated/α-hetero) is 1. The third-order valence-corrected chi connectivity index (χ3v) is 2.66. The summed E-state index contributed by atoms with van der Waals surface area (Å²) in [7, 11) is 0. The molecule has 0 aliphatic carbocycles. The zero-order valence-electron chi connectivity index (χ0n) is 9.41. The fraction of sp³-hybridized carbons (Fsp3) is 0.133. The lowest BCUT2D eigenvalue weighted by Crippen LogP contribution is -2.06. The summed E-state index contributed by atoms with van der Waals surface area (Å²) in [5.41, 5.74) is 1.42. The Kier molecular flexibility index (Phi) is 3.68. The van der Waals surface area contributed by atoms with Gasteiger partial charge in [0.15, 0.2) is 5.78 Å². The van der Waals surface area contributed by atoms with Crippen LogP contribution >= 0.6 is 0 Å². The molecule has 17 heavy (non-hydrogen) atoms. The van der Waals surface area contributed by atoms with Gasteiger partial charge >= 0.3 is 0 Å². The van der Waals surface area contributed by atoms with Gasteiger partial charge in [-0.1, -0.05) is 60.7 Å². The van der Waals surface area contributed by atoms with Gasteiger partial charge in [-0.05, 0) is 5.56 Å². The fourth-order valence-electron chi connectivity index (χ4n) is 1.71. The molecule has 2 aromatic carbocycles. The molecule has 2 aromatic rings. The van der Waals surface area contributed by atoms with Crippen LogP contribution in [0, 0.1) is 0 Å². The van der Waals surface area contributed by atoms with Crippen molar-refractivity contribution in [2.75, 3.05) is 0 Å². The Hall–Kier alpha value is -1.93. The molecule has 1 atom stereocenters. The molecule has 0 aliphatic rings. The Balaban J connectivity index is 2.05. The molecule has 0 heterocycles. The molecule has 0 fully saturated rings. The van der Waals surface area contributed by atoms with Crippen molar-refractivity contribution < 1.29 is 9.90 Å². The van der Waals surface area contributed by atoms with E-state index in [0.717, 1.165) is 5.56 Å². The third-order valence-electron chi connectivity index (χ3n) is 2.66. The van der Waals surface area contributed by atoms with Crippen LogP contribution in [0.1, 0.15) is 28.4 Å². The number of carbonyl (C=O) groups is 1. The van der Waals surface area contributed by atoms with Gasteiger partial charge in [0.1, 0.15) is 0 Å². The van der Waals surface area contributed by atoms with E-state index in [0.29, 0.717) is 5.56 Å². The number of rotatable bonds is 4. The van der Waals surface area contributed by atoms with Crippen molar-refractivity contribution in [1.29, 1.82) is 0 Å². The topological polar surface area (TPSA) is 37.3 Å². The average Bonchev–Trinajstić information content (AvgIpc) is 2.40. The van der Waals surface area contributed by atoms with Crippen LogP contribution in [-0.4, -0.2) is 10.9 Å². The first-order valence-corrected chi connectivity index (χ1v) is 5.58. The number of ketones is 1. The quantitative estimate of drug-likeness (QED) is 0.814. The molecule has 0 aromatic heterocycles. The molecule has 86 valence electrons. The second-order valence-corrected chi connectivity index (χ2v) is 3.92. The van der Waals surface area contributed by atoms with Crippen molar-refractivity contribution >= 4 is 5.78 Å². The van der Waals surface area contributed by atoms with Crippen LogP contribution in [0.25, 0.3) is 0 Å². The lowest BCUT2D eigenvalue weighted by atomic mass is 10.0. The Bertz CT molecular complexity index is 477. The second kappa shape index (κ2) is 5.41. The van der Waals surface area contributed by atoms with Gasteiger partial charge in [0.2, 0.25) is 0 Å². The summed E-state index contributed by atoms with van der Waals surface area (Å²) in [6.45, 7) is 0. The van der Waals surface area contributed by atoms with Crippen molar-refractivity contribution in [3.8, 4) is 0 Å². The van der Waals surface area contributed by atoms with Gasteiger partial charge in [-0.2, -0.15) is 0 Å². The van der Waals surface area contributed by atoms with Crippen LogP contribution in [0.15, 0.2) is 60.7 Å². The van der Waals surface area contributed by atoms with Gasteiger partial charge < -0.3 is 5.11 Å². The predicted octanol–water partition coefficient (Wildman–Crippen LogP) is 2.99. The minimum absolute atomic E-state index is 0.0399. The highest BCUT2D eigenvalue weighted by Crippen LogP contribution is 2.18. The van der Waals surface area contributed by atoms with Crippen LogP contribution in [0.2, 0.25) is 0 Å². The average molecular weight is 226 g/mol. The van der Waals surface area contributed by atoms with Crippen LogP contribution in [0.5, 0.6) is 0 Å². The van der Waals surface area contributed by atoms with Gasteiger partial charge in [-0.3, -0.25) is 4.79 Å². The standard InChI is InChI=1S/C15H14O2/c16-14(12-7-3-1-4-8-12)11-15(17)13-9-5-2-6-10-13/h1-10,14,16H,11H2. The monoisotopic (exact) mass is 226 g/mol. The van der Waals surface area contributed by atoms with Crippen LogP contribution in [0.4, 0.5) is 0 Å². The lowest BCUT2D eigenvalue weighted by Gasteiger charge is -2.09. The van der Waals surface area contributed by atoms with Crippen molar-refractivity contribution in [2.45, 2.75) is 12.5 Å². The fourth-order valence-corrected chi connectivity index (χ4v) is 1.71. The predicted molar refractivity (Wildman–Crippen MR) is 66.8 cm³/mol. The summed E-state index contributed by atoms with van der Waals surface area (Å²) in [5.74, 6) is -0.0399. The Morgan fingerprint density at radius 1 is 0.941 bits per heavy atom. The van der Waals surface area contributed by atoms with E-state index in [2.05, 4.69) is 0 Å². The molecule has 0 saturated heterocycles. The maximum absolute atomic E-state index is 11.9. The highest BCUT2D eigenvalue weighted by molar-refractivity contribution is 5.96. The zero-order valence-corrected chi connectivity index (χ0v) is 9.41. The van der Waals surface area contributed by atoms with E-state index in [1.54, 1.807) is 12.1 Å². The second-order valence-electron chi connectivity index (χ2n) is 3.92. The first kappa shape index (κ1) is 11.6. The van der Waals surface area contributed by atoms with E-state index < -0.39 is 6.10 Å². The number of carbonyl (C=O) groups excluding carboxylic acids is 1. The van der Waals surface area contributed by atoms with Gasteiger partial charge in [0.25, 0.3) is 0 Å². The van der Waals surface area contributed by atoms with Crippen LogP contribution in [-0.2, 0) is 0 Å². The molecule has 1 N–H and O–H groups in total. The molecule has 2 heteroatoms. The summed E-state index contributed by atoms with van der Waals surface area (Å²) in [5, 5.41) is 9.93. The number of benzene rings is 2. The molecule has 1 unspecified atom stereocenters. The molecule has 2 rings (SSSR count). The molecule has 0 bridgehead atoms. The summed E-state index contributed by atoms with van der Waals surface area (Å²) in [4.78, 5) is 11.9. The summed E-state index contributed by atoms with van der Waals surface area (Å²) < 4.78 is 0. The van der Waals surface area contributed by atoms with E-state index in [4.69, 9.17) is 0 Å². The van der Waals surface area contributed by atoms with Gasteiger partial charge in [-0.25, -0.2) is 0 Å². The lowest BCUT2D eigenvalue weighted by molar-refractivity contribution is 0.0880. The summed E-state index contributed by atoms with van der Waals surface area (Å²) >= 11 is 0. The minimum Gasteiger partial charge on any atom is -0.388 e. The number of hydrogen-bond acceptors (Lipinski definition) is 2. The Morgan fingerprint density at radius 3 is 2.06 bits per heavy atom. The molecule has 2 nitrogen and oxygen atoms in total. The molecular weight excluding hydrogens is 212 g/mol. The zero-order chi connectivity index (χ0) is 12.1. The number of aliphatic hydroxyl groups excluding tert-OH is 1. The van der Waals surface area contributed by atoms with E-state index >= 15 is 0 Å². The highest BCUT2D eigenvalue weighted by Gasteiger charge is 2.13. The highest BCUT2D eigenvalue weighted by atomic mass is 16.3. The maximum atomic E-state index is 11.9. The first-order valence-electron chi connectivity index (χ1n) is 5.58. The normalized spacial score (nSPS) is 12.1. The SMILES string of the molecule is O=C(CC(O)c1ccccc1)c1ccccc1. The Labute approximate surface area is 101 Å². The van der Waals surface area contributed by atoms with Crippen LogP contribution in [0.3, 0.4) is 0 Å². The van der Waals surface area contributed by atoms with Crippen molar-refractivity contribution in [3.05, 3.63) is 71.8 Å². The van der Waals surface area contributed by atoms with E-state index in [1.165, 1.54) is 0 Å². The smallest absolute Gasteiger partial charge is 0.165 e. The van der Waals surface area contributed by atoms with Gasteiger partial charge in [0, 0.05) is 12.0 Å². The summed E-state index contributed by atoms with van der Waals surface area (Å²) in [6, 6.07) is 18.3. The Morgan fingerprint density at radius 2 is 1.47 bits per heavy atom. The van der Waals surface area contributed by atoms with Crippen molar-refractivity contribution in [3.63, 3.8) is 0 Å². The molecular formula is C15H14O2. The van der Waals surface area contributed by atoms with E-state index in [9.17, 15) is 9.90 Å². The summed E-state index contributed by atoms with van der Waals surface area (Å²) in [6.07, 6.45) is -0.613. The van der Waals surface area contributed by atoms with E-state index in [1.807, 2.05) is 48.5 Å². The number of aliphatic hydroxyl groups is 1. The van der Waals surface area contributed by atoms with Crippen molar-refractivity contribution in [1.82, 2.24) is 0 Å². The van der Waals surface area contributed by atoms with Crippen molar-refractivity contribution in [2.24, 2.45) is 0 Å². The molecule has 0 amide bonds.